The molecule has 4 rings (SSSR count). The summed E-state index contributed by atoms with van der Waals surface area (Å²) in [5.41, 5.74) is 3.43. The fraction of sp³-hybridized carbons (Fsp3) is 0.517. The molecule has 0 unspecified atom stereocenters. The minimum absolute atomic E-state index is 0.130. The van der Waals surface area contributed by atoms with Crippen molar-refractivity contribution in [3.63, 3.8) is 0 Å². The van der Waals surface area contributed by atoms with Crippen molar-refractivity contribution < 1.29 is 14.3 Å². The van der Waals surface area contributed by atoms with Crippen LogP contribution in [0.4, 0.5) is 16.2 Å². The lowest BCUT2D eigenvalue weighted by atomic mass is 9.96. The van der Waals surface area contributed by atoms with Gasteiger partial charge in [0.15, 0.2) is 0 Å². The van der Waals surface area contributed by atoms with Crippen molar-refractivity contribution in [2.24, 2.45) is 0 Å². The number of methoxy groups -OCH3 is 1. The zero-order valence-electron chi connectivity index (χ0n) is 22.0. The lowest BCUT2D eigenvalue weighted by Gasteiger charge is -2.37. The number of ether oxygens (including phenoxy) is 1. The van der Waals surface area contributed by atoms with Crippen LogP contribution < -0.4 is 20.9 Å². The van der Waals surface area contributed by atoms with Crippen LogP contribution in [0.1, 0.15) is 54.4 Å². The summed E-state index contributed by atoms with van der Waals surface area (Å²) in [5, 5.41) is 9.05. The van der Waals surface area contributed by atoms with Crippen LogP contribution in [0.15, 0.2) is 48.5 Å². The topological polar surface area (TPSA) is 85.9 Å². The van der Waals surface area contributed by atoms with E-state index in [-0.39, 0.29) is 18.0 Å². The van der Waals surface area contributed by atoms with Crippen LogP contribution in [0.25, 0.3) is 0 Å². The van der Waals surface area contributed by atoms with Crippen LogP contribution >= 0.6 is 0 Å². The molecule has 3 amide bonds. The Bertz CT molecular complexity index is 1000. The molecular formula is C29H41N5O3. The Kier molecular flexibility index (Phi) is 10.2. The number of amides is 3. The van der Waals surface area contributed by atoms with Crippen molar-refractivity contribution in [2.75, 3.05) is 56.7 Å². The number of hydrogen-bond donors (Lipinski definition) is 3. The minimum Gasteiger partial charge on any atom is -0.385 e. The average Bonchev–Trinajstić information content (AvgIpc) is 2.92. The fourth-order valence-corrected chi connectivity index (χ4v) is 5.17. The van der Waals surface area contributed by atoms with Gasteiger partial charge in [-0.2, -0.15) is 0 Å². The van der Waals surface area contributed by atoms with Crippen molar-refractivity contribution in [3.8, 4) is 0 Å². The third-order valence-electron chi connectivity index (χ3n) is 7.21. The zero-order chi connectivity index (χ0) is 25.9. The first kappa shape index (κ1) is 26.9. The van der Waals surface area contributed by atoms with Crippen molar-refractivity contribution >= 4 is 23.3 Å². The van der Waals surface area contributed by atoms with Gasteiger partial charge in [-0.3, -0.25) is 9.69 Å². The summed E-state index contributed by atoms with van der Waals surface area (Å²) in [6.45, 7) is 5.59. The number of carbonyl (C=O) groups is 2. The van der Waals surface area contributed by atoms with Gasteiger partial charge in [-0.15, -0.1) is 0 Å². The number of benzene rings is 2. The first-order chi connectivity index (χ1) is 18.1. The first-order valence-electron chi connectivity index (χ1n) is 13.6. The van der Waals surface area contributed by atoms with Gasteiger partial charge in [0, 0.05) is 70.4 Å². The molecule has 0 aromatic heterocycles. The number of hydrogen-bond acceptors (Lipinski definition) is 5. The van der Waals surface area contributed by atoms with Gasteiger partial charge in [0.05, 0.1) is 5.56 Å². The molecule has 0 radical (unpaired) electrons. The van der Waals surface area contributed by atoms with Crippen molar-refractivity contribution in [3.05, 3.63) is 59.7 Å². The summed E-state index contributed by atoms with van der Waals surface area (Å²) >= 11 is 0. The molecule has 0 bridgehead atoms. The largest absolute Gasteiger partial charge is 0.385 e. The maximum atomic E-state index is 13.2. The Morgan fingerprint density at radius 2 is 1.73 bits per heavy atom. The van der Waals surface area contributed by atoms with E-state index in [1.165, 1.54) is 12.0 Å². The van der Waals surface area contributed by atoms with E-state index in [0.29, 0.717) is 24.4 Å². The summed E-state index contributed by atoms with van der Waals surface area (Å²) < 4.78 is 5.11. The van der Waals surface area contributed by atoms with Gasteiger partial charge in [-0.05, 0) is 43.0 Å². The number of nitrogens with one attached hydrogen (secondary N) is 3. The number of urea groups is 1. The van der Waals surface area contributed by atoms with Crippen molar-refractivity contribution in [2.45, 2.75) is 51.1 Å². The molecule has 1 saturated carbocycles. The van der Waals surface area contributed by atoms with E-state index in [2.05, 4.69) is 50.0 Å². The third kappa shape index (κ3) is 8.20. The van der Waals surface area contributed by atoms with E-state index in [1.807, 2.05) is 18.2 Å². The summed E-state index contributed by atoms with van der Waals surface area (Å²) in [4.78, 5) is 30.6. The maximum absolute atomic E-state index is 13.2. The Hall–Kier alpha value is -3.10. The second-order valence-electron chi connectivity index (χ2n) is 10.0. The van der Waals surface area contributed by atoms with Crippen LogP contribution in [-0.4, -0.2) is 69.3 Å². The Balaban J connectivity index is 1.41. The highest BCUT2D eigenvalue weighted by atomic mass is 16.5. The molecule has 2 aromatic rings. The molecule has 0 atom stereocenters. The first-order valence-corrected chi connectivity index (χ1v) is 13.6. The van der Waals surface area contributed by atoms with Crippen molar-refractivity contribution in [1.29, 1.82) is 0 Å². The normalized spacial score (nSPS) is 16.8. The minimum atomic E-state index is -0.208. The molecule has 8 heteroatoms. The molecule has 37 heavy (non-hydrogen) atoms. The number of piperazine rings is 1. The highest BCUT2D eigenvalue weighted by molar-refractivity contribution is 6.02. The molecule has 2 aromatic carbocycles. The number of nitrogens with zero attached hydrogens (tertiary/aromatic N) is 2. The second-order valence-corrected chi connectivity index (χ2v) is 10.0. The quantitative estimate of drug-likeness (QED) is 0.419. The smallest absolute Gasteiger partial charge is 0.319 e. The van der Waals surface area contributed by atoms with Gasteiger partial charge in [0.2, 0.25) is 0 Å². The molecule has 0 spiro atoms. The second kappa shape index (κ2) is 14.0. The highest BCUT2D eigenvalue weighted by Gasteiger charge is 2.23. The van der Waals surface area contributed by atoms with E-state index in [4.69, 9.17) is 4.74 Å². The van der Waals surface area contributed by atoms with Crippen LogP contribution in [0, 0.1) is 0 Å². The van der Waals surface area contributed by atoms with Gasteiger partial charge in [0.25, 0.3) is 5.91 Å². The molecular weight excluding hydrogens is 466 g/mol. The third-order valence-corrected chi connectivity index (χ3v) is 7.21. The van der Waals surface area contributed by atoms with Gasteiger partial charge in [-0.1, -0.05) is 49.6 Å². The highest BCUT2D eigenvalue weighted by Crippen LogP contribution is 2.26. The van der Waals surface area contributed by atoms with E-state index in [0.717, 1.165) is 70.5 Å². The molecule has 1 aliphatic heterocycles. The number of anilines is 2. The van der Waals surface area contributed by atoms with Gasteiger partial charge in [-0.25, -0.2) is 4.79 Å². The fourth-order valence-electron chi connectivity index (χ4n) is 5.17. The zero-order valence-corrected chi connectivity index (χ0v) is 22.0. The van der Waals surface area contributed by atoms with Crippen LogP contribution in [-0.2, 0) is 11.3 Å². The molecule has 200 valence electrons. The van der Waals surface area contributed by atoms with E-state index in [9.17, 15) is 9.59 Å². The summed E-state index contributed by atoms with van der Waals surface area (Å²) in [7, 11) is 1.66. The molecule has 1 saturated heterocycles. The number of carbonyl (C=O) groups excluding carboxylic acids is 2. The molecule has 8 nitrogen and oxygen atoms in total. The predicted molar refractivity (Wildman–Crippen MR) is 148 cm³/mol. The van der Waals surface area contributed by atoms with Gasteiger partial charge in [0.1, 0.15) is 0 Å². The molecule has 2 fully saturated rings. The summed E-state index contributed by atoms with van der Waals surface area (Å²) in [6, 6.07) is 16.2. The van der Waals surface area contributed by atoms with Gasteiger partial charge < -0.3 is 25.6 Å². The Labute approximate surface area is 220 Å². The monoisotopic (exact) mass is 507 g/mol. The number of rotatable bonds is 10. The lowest BCUT2D eigenvalue weighted by molar-refractivity contribution is 0.0949. The lowest BCUT2D eigenvalue weighted by Crippen LogP contribution is -2.46. The summed E-state index contributed by atoms with van der Waals surface area (Å²) in [5.74, 6) is -0.130. The van der Waals surface area contributed by atoms with Gasteiger partial charge >= 0.3 is 6.03 Å². The molecule has 1 aliphatic carbocycles. The Morgan fingerprint density at radius 1 is 0.973 bits per heavy atom. The maximum Gasteiger partial charge on any atom is 0.319 e. The van der Waals surface area contributed by atoms with E-state index < -0.39 is 0 Å². The standard InChI is InChI=1S/C29H41N5O3/c1-37-20-8-15-30-28(35)26-21-25(32-29(36)31-24-11-6-3-7-12-24)13-14-27(26)34-18-16-33(17-19-34)22-23-9-4-2-5-10-23/h2,4-5,9-10,13-14,21,24H,3,6-8,11-12,15-20,22H2,1H3,(H,30,35)(H2,31,32,36). The molecule has 2 aliphatic rings. The van der Waals surface area contributed by atoms with Crippen LogP contribution in [0.3, 0.4) is 0 Å². The van der Waals surface area contributed by atoms with E-state index in [1.54, 1.807) is 13.2 Å². The average molecular weight is 508 g/mol. The molecule has 3 N–H and O–H groups in total. The predicted octanol–water partition coefficient (Wildman–Crippen LogP) is 4.23. The SMILES string of the molecule is COCCCNC(=O)c1cc(NC(=O)NC2CCCCC2)ccc1N1CCN(Cc2ccccc2)CC1. The van der Waals surface area contributed by atoms with Crippen molar-refractivity contribution in [1.82, 2.24) is 15.5 Å². The Morgan fingerprint density at radius 3 is 2.46 bits per heavy atom. The summed E-state index contributed by atoms with van der Waals surface area (Å²) in [6.07, 6.45) is 6.36. The molecule has 1 heterocycles. The van der Waals surface area contributed by atoms with Crippen LogP contribution in [0.2, 0.25) is 0 Å². The van der Waals surface area contributed by atoms with Crippen LogP contribution in [0.5, 0.6) is 0 Å². The van der Waals surface area contributed by atoms with E-state index >= 15 is 0 Å².